The molecule has 0 aliphatic rings. The van der Waals surface area contributed by atoms with Gasteiger partial charge in [0.2, 0.25) is 5.95 Å². The molecule has 0 aliphatic carbocycles. The number of thiazole rings is 1. The minimum atomic E-state index is -1.06. The van der Waals surface area contributed by atoms with Crippen molar-refractivity contribution in [2.75, 3.05) is 23.7 Å². The third-order valence-electron chi connectivity index (χ3n) is 4.46. The zero-order chi connectivity index (χ0) is 23.4. The molecule has 0 spiro atoms. The molecule has 34 heavy (non-hydrogen) atoms. The van der Waals surface area contributed by atoms with Gasteiger partial charge < -0.3 is 17.2 Å². The van der Waals surface area contributed by atoms with Gasteiger partial charge in [-0.05, 0) is 25.1 Å². The molecule has 13 heteroatoms. The Bertz CT molecular complexity index is 1330. The van der Waals surface area contributed by atoms with Crippen LogP contribution in [0.25, 0.3) is 32.6 Å². The Kier molecular flexibility index (Phi) is 8.11. The van der Waals surface area contributed by atoms with E-state index in [2.05, 4.69) is 35.9 Å². The quantitative estimate of drug-likeness (QED) is 0.286. The number of carbonyl (C=O) groups is 2. The molecule has 4 rings (SSSR count). The second kappa shape index (κ2) is 11.0. The Balaban J connectivity index is 0.00000216. The largest absolute Gasteiger partial charge is 1.00 e. The smallest absolute Gasteiger partial charge is 1.00 e. The number of rotatable bonds is 7. The minimum Gasteiger partial charge on any atom is -1.00 e. The van der Waals surface area contributed by atoms with Gasteiger partial charge in [-0.25, -0.2) is 24.1 Å². The zero-order valence-electron chi connectivity index (χ0n) is 19.3. The van der Waals surface area contributed by atoms with Crippen molar-refractivity contribution in [1.29, 1.82) is 0 Å². The van der Waals surface area contributed by atoms with Gasteiger partial charge in [-0.2, -0.15) is 0 Å². The first-order valence-electron chi connectivity index (χ1n) is 9.83. The van der Waals surface area contributed by atoms with E-state index in [4.69, 9.17) is 5.11 Å². The van der Waals surface area contributed by atoms with Crippen LogP contribution in [-0.4, -0.2) is 50.1 Å². The van der Waals surface area contributed by atoms with E-state index in [0.29, 0.717) is 28.1 Å². The number of amides is 2. The van der Waals surface area contributed by atoms with Gasteiger partial charge in [0.05, 0.1) is 10.4 Å². The summed E-state index contributed by atoms with van der Waals surface area (Å²) in [5.41, 5.74) is 1.90. The number of anilines is 2. The fourth-order valence-electron chi connectivity index (χ4n) is 3.04. The van der Waals surface area contributed by atoms with E-state index < -0.39 is 17.8 Å². The van der Waals surface area contributed by atoms with Crippen LogP contribution in [-0.2, 0) is 4.79 Å². The molecule has 0 unspecified atom stereocenters. The Labute approximate surface area is 210 Å². The molecule has 170 valence electrons. The number of fused-ring (bicyclic) bond motifs is 1. The molecule has 0 fully saturated rings. The number of hydrogen-bond acceptors (Lipinski definition) is 8. The summed E-state index contributed by atoms with van der Waals surface area (Å²) in [7, 11) is 0. The molecule has 3 aromatic heterocycles. The van der Waals surface area contributed by atoms with E-state index in [-0.39, 0.29) is 49.0 Å². The molecule has 0 atom stereocenters. The normalized spacial score (nSPS) is 10.4. The van der Waals surface area contributed by atoms with Crippen molar-refractivity contribution in [1.82, 2.24) is 25.3 Å². The maximum atomic E-state index is 15.6. The van der Waals surface area contributed by atoms with Gasteiger partial charge in [0.1, 0.15) is 12.1 Å². The average molecular weight is 475 g/mol. The van der Waals surface area contributed by atoms with Crippen LogP contribution in [0.5, 0.6) is 0 Å². The number of aromatic nitrogens is 4. The van der Waals surface area contributed by atoms with E-state index >= 15 is 4.39 Å². The number of halogens is 1. The third kappa shape index (κ3) is 5.48. The van der Waals surface area contributed by atoms with Crippen LogP contribution in [0.4, 0.5) is 20.3 Å². The van der Waals surface area contributed by atoms with Gasteiger partial charge in [-0.1, -0.05) is 17.4 Å². The first-order chi connectivity index (χ1) is 16.0. The second-order valence-corrected chi connectivity index (χ2v) is 7.72. The summed E-state index contributed by atoms with van der Waals surface area (Å²) < 4.78 is 16.1. The predicted molar refractivity (Wildman–Crippen MR) is 124 cm³/mol. The Morgan fingerprint density at radius 1 is 1.18 bits per heavy atom. The van der Waals surface area contributed by atoms with Crippen molar-refractivity contribution in [3.8, 4) is 22.4 Å². The van der Waals surface area contributed by atoms with Crippen LogP contribution in [0.3, 0.4) is 0 Å². The number of hydrogen-bond donors (Lipinski definition) is 4. The Hall–Kier alpha value is -3.59. The summed E-state index contributed by atoms with van der Waals surface area (Å²) in [6.07, 6.45) is 4.42. The SMILES string of the molecule is CCNC(=O)Nc1nc2c(F)c(-c3cnc(NCC(=O)O)nc3)cc(-c3ccccn3)c2s1.[H-].[Li+]. The van der Waals surface area contributed by atoms with Crippen molar-refractivity contribution in [2.45, 2.75) is 6.92 Å². The van der Waals surface area contributed by atoms with Crippen LogP contribution in [0.1, 0.15) is 8.35 Å². The van der Waals surface area contributed by atoms with Crippen LogP contribution >= 0.6 is 11.3 Å². The van der Waals surface area contributed by atoms with E-state index in [1.807, 2.05) is 6.07 Å². The van der Waals surface area contributed by atoms with Gasteiger partial charge in [-0.3, -0.25) is 15.1 Å². The zero-order valence-corrected chi connectivity index (χ0v) is 19.1. The number of carboxylic acid groups (broad SMARTS) is 1. The summed E-state index contributed by atoms with van der Waals surface area (Å²) >= 11 is 1.14. The summed E-state index contributed by atoms with van der Waals surface area (Å²) in [6, 6.07) is 6.59. The van der Waals surface area contributed by atoms with Crippen molar-refractivity contribution < 1.29 is 39.4 Å². The Morgan fingerprint density at radius 3 is 2.59 bits per heavy atom. The maximum absolute atomic E-state index is 15.6. The maximum Gasteiger partial charge on any atom is 1.00 e. The third-order valence-corrected chi connectivity index (χ3v) is 5.47. The number of aliphatic carboxylic acids is 1. The van der Waals surface area contributed by atoms with Crippen molar-refractivity contribution in [3.05, 3.63) is 48.7 Å². The molecule has 0 saturated carbocycles. The number of pyridine rings is 1. The molecule has 4 aromatic rings. The number of benzene rings is 1. The molecule has 10 nitrogen and oxygen atoms in total. The fraction of sp³-hybridized carbons (Fsp3) is 0.143. The summed E-state index contributed by atoms with van der Waals surface area (Å²) in [6.45, 7) is 1.88. The molecule has 4 N–H and O–H groups in total. The molecule has 0 radical (unpaired) electrons. The predicted octanol–water partition coefficient (Wildman–Crippen LogP) is 0.709. The molecule has 2 amide bonds. The van der Waals surface area contributed by atoms with E-state index in [1.54, 1.807) is 31.3 Å². The number of nitrogens with zero attached hydrogens (tertiary/aromatic N) is 4. The molecule has 0 bridgehead atoms. The summed E-state index contributed by atoms with van der Waals surface area (Å²) in [5, 5.41) is 16.8. The first-order valence-corrected chi connectivity index (χ1v) is 10.6. The van der Waals surface area contributed by atoms with Crippen LogP contribution < -0.4 is 34.8 Å². The van der Waals surface area contributed by atoms with Gasteiger partial charge in [0.25, 0.3) is 0 Å². The minimum absolute atomic E-state index is 0. The molecule has 0 saturated heterocycles. The number of urea groups is 1. The van der Waals surface area contributed by atoms with Gasteiger partial charge >= 0.3 is 30.9 Å². The van der Waals surface area contributed by atoms with Crippen LogP contribution in [0, 0.1) is 5.82 Å². The van der Waals surface area contributed by atoms with Crippen molar-refractivity contribution >= 4 is 44.6 Å². The van der Waals surface area contributed by atoms with E-state index in [1.165, 1.54) is 12.4 Å². The standard InChI is InChI=1S/C21H18FN7O3S.Li.H/c1-2-23-20(32)29-21-28-17-16(22)12(11-8-25-19(26-9-11)27-10-15(30)31)7-13(18(17)33-21)14-5-3-4-6-24-14;;/h3-9H,2,10H2,1H3,(H,30,31)(H,25,26,27)(H2,23,28,29,32);;/q;+1;-1. The number of carboxylic acids is 1. The number of nitrogens with one attached hydrogen (secondary N) is 3. The Morgan fingerprint density at radius 2 is 1.94 bits per heavy atom. The van der Waals surface area contributed by atoms with Gasteiger partial charge in [-0.15, -0.1) is 0 Å². The monoisotopic (exact) mass is 475 g/mol. The van der Waals surface area contributed by atoms with Gasteiger partial charge in [0, 0.05) is 41.8 Å². The molecule has 1 aromatic carbocycles. The average Bonchev–Trinajstić information content (AvgIpc) is 3.23. The fourth-order valence-corrected chi connectivity index (χ4v) is 4.02. The number of carbonyl (C=O) groups excluding carboxylic acids is 1. The first kappa shape index (κ1) is 25.0. The van der Waals surface area contributed by atoms with E-state index in [9.17, 15) is 9.59 Å². The summed E-state index contributed by atoms with van der Waals surface area (Å²) in [4.78, 5) is 39.4. The molecule has 3 heterocycles. The van der Waals surface area contributed by atoms with Gasteiger partial charge in [0.15, 0.2) is 10.9 Å². The topological polar surface area (TPSA) is 142 Å². The molecule has 0 aliphatic heterocycles. The second-order valence-electron chi connectivity index (χ2n) is 6.72. The van der Waals surface area contributed by atoms with Crippen molar-refractivity contribution in [3.63, 3.8) is 0 Å². The van der Waals surface area contributed by atoms with E-state index in [0.717, 1.165) is 11.3 Å². The van der Waals surface area contributed by atoms with Crippen molar-refractivity contribution in [2.24, 2.45) is 0 Å². The summed E-state index contributed by atoms with van der Waals surface area (Å²) in [5.74, 6) is -1.55. The molecular formula is C21H19FLiN7O3S. The van der Waals surface area contributed by atoms with Crippen LogP contribution in [0.2, 0.25) is 0 Å². The van der Waals surface area contributed by atoms with Crippen LogP contribution in [0.15, 0.2) is 42.9 Å². The molecular weight excluding hydrogens is 456 g/mol.